The highest BCUT2D eigenvalue weighted by Crippen LogP contribution is 2.45. The van der Waals surface area contributed by atoms with Gasteiger partial charge in [-0.3, -0.25) is 0 Å². The molecule has 66 valence electrons. The maximum absolute atomic E-state index is 5.91. The Morgan fingerprint density at radius 3 is 3.00 bits per heavy atom. The summed E-state index contributed by atoms with van der Waals surface area (Å²) < 4.78 is 2.30. The Balaban J connectivity index is 2.17. The van der Waals surface area contributed by atoms with Gasteiger partial charge in [-0.1, -0.05) is 27.5 Å². The summed E-state index contributed by atoms with van der Waals surface area (Å²) in [5.74, 6) is 0. The Bertz CT molecular complexity index is 501. The van der Waals surface area contributed by atoms with E-state index in [-0.39, 0.29) is 0 Å². The predicted molar refractivity (Wildman–Crippen MR) is 59.3 cm³/mol. The molecule has 1 aromatic rings. The van der Waals surface area contributed by atoms with Crippen LogP contribution < -0.4 is 0 Å². The topological polar surface area (TPSA) is 4.93 Å². The van der Waals surface area contributed by atoms with Gasteiger partial charge in [0.2, 0.25) is 0 Å². The van der Waals surface area contributed by atoms with Gasteiger partial charge in [0.1, 0.15) is 0 Å². The van der Waals surface area contributed by atoms with Gasteiger partial charge in [0, 0.05) is 21.4 Å². The molecule has 0 radical (unpaired) electrons. The smallest absolute Gasteiger partial charge is 0.0753 e. The number of benzene rings is 1. The molecule has 1 nitrogen and oxygen atoms in total. The summed E-state index contributed by atoms with van der Waals surface area (Å²) in [4.78, 5) is 0. The number of hydrogen-bond acceptors (Lipinski definition) is 0. The number of aryl methyl sites for hydroxylation is 1. The standard InChI is InChI=1S/C10H7BrClN/c11-4-3-9-10-7-5-6(12)1-2-8(7)13(9)10/h1-2,5H,3-4H2. The summed E-state index contributed by atoms with van der Waals surface area (Å²) in [5.41, 5.74) is 4.17. The maximum Gasteiger partial charge on any atom is 0.0753 e. The van der Waals surface area contributed by atoms with E-state index in [1.807, 2.05) is 12.1 Å². The summed E-state index contributed by atoms with van der Waals surface area (Å²) >= 11 is 9.35. The van der Waals surface area contributed by atoms with Crippen molar-refractivity contribution < 1.29 is 0 Å². The van der Waals surface area contributed by atoms with E-state index in [4.69, 9.17) is 11.6 Å². The lowest BCUT2D eigenvalue weighted by molar-refractivity contribution is 1.14. The minimum absolute atomic E-state index is 0.830. The highest BCUT2D eigenvalue weighted by Gasteiger charge is 2.31. The Morgan fingerprint density at radius 2 is 2.23 bits per heavy atom. The van der Waals surface area contributed by atoms with Gasteiger partial charge in [-0.2, -0.15) is 0 Å². The minimum atomic E-state index is 0.830. The molecule has 0 aliphatic carbocycles. The van der Waals surface area contributed by atoms with E-state index < -0.39 is 0 Å². The molecule has 0 N–H and O–H groups in total. The molecule has 1 aromatic carbocycles. The van der Waals surface area contributed by atoms with Crippen LogP contribution in [-0.4, -0.2) is 9.90 Å². The zero-order valence-electron chi connectivity index (χ0n) is 6.85. The quantitative estimate of drug-likeness (QED) is 0.618. The second kappa shape index (κ2) is 2.52. The Kier molecular flexibility index (Phi) is 1.53. The van der Waals surface area contributed by atoms with Gasteiger partial charge in [-0.25, -0.2) is 0 Å². The van der Waals surface area contributed by atoms with E-state index in [0.717, 1.165) is 16.8 Å². The van der Waals surface area contributed by atoms with Crippen LogP contribution in [0.15, 0.2) is 18.2 Å². The number of nitrogens with zero attached hydrogens (tertiary/aromatic N) is 1. The fraction of sp³-hybridized carbons (Fsp3) is 0.200. The fourth-order valence-electron chi connectivity index (χ4n) is 1.90. The number of alkyl halides is 1. The van der Waals surface area contributed by atoms with Crippen LogP contribution >= 0.6 is 27.5 Å². The normalized spacial score (nSPS) is 12.5. The van der Waals surface area contributed by atoms with Crippen LogP contribution in [0.1, 0.15) is 5.69 Å². The summed E-state index contributed by atoms with van der Waals surface area (Å²) in [6.07, 6.45) is 1.11. The third kappa shape index (κ3) is 0.931. The largest absolute Gasteiger partial charge is 0.309 e. The molecular weight excluding hydrogens is 249 g/mol. The zero-order valence-corrected chi connectivity index (χ0v) is 9.19. The first-order valence-corrected chi connectivity index (χ1v) is 5.72. The molecule has 13 heavy (non-hydrogen) atoms. The van der Waals surface area contributed by atoms with Gasteiger partial charge in [-0.15, -0.1) is 0 Å². The highest BCUT2D eigenvalue weighted by atomic mass is 79.9. The molecule has 2 heterocycles. The van der Waals surface area contributed by atoms with Gasteiger partial charge >= 0.3 is 0 Å². The van der Waals surface area contributed by atoms with Crippen LogP contribution in [0.4, 0.5) is 0 Å². The molecule has 0 saturated heterocycles. The van der Waals surface area contributed by atoms with Crippen LogP contribution in [0.2, 0.25) is 5.02 Å². The number of fused-ring (bicyclic) bond motifs is 4. The predicted octanol–water partition coefficient (Wildman–Crippen LogP) is 3.53. The van der Waals surface area contributed by atoms with Crippen LogP contribution in [0.5, 0.6) is 0 Å². The Labute approximate surface area is 89.4 Å². The minimum Gasteiger partial charge on any atom is -0.309 e. The first-order chi connectivity index (χ1) is 6.33. The number of hydrogen-bond donors (Lipinski definition) is 0. The van der Waals surface area contributed by atoms with E-state index in [0.29, 0.717) is 0 Å². The molecule has 0 aromatic heterocycles. The molecule has 0 fully saturated rings. The summed E-state index contributed by atoms with van der Waals surface area (Å²) in [7, 11) is 0. The fourth-order valence-corrected chi connectivity index (χ4v) is 2.45. The van der Waals surface area contributed by atoms with E-state index in [2.05, 4.69) is 26.6 Å². The zero-order chi connectivity index (χ0) is 9.00. The molecule has 0 bridgehead atoms. The third-order valence-corrected chi connectivity index (χ3v) is 3.13. The van der Waals surface area contributed by atoms with Crippen molar-refractivity contribution in [3.63, 3.8) is 0 Å². The lowest BCUT2D eigenvalue weighted by Gasteiger charge is -2.03. The van der Waals surface area contributed by atoms with Gasteiger partial charge in [0.25, 0.3) is 0 Å². The molecule has 3 rings (SSSR count). The molecule has 0 spiro atoms. The van der Waals surface area contributed by atoms with Gasteiger partial charge < -0.3 is 4.57 Å². The molecule has 0 amide bonds. The number of halogens is 2. The first-order valence-electron chi connectivity index (χ1n) is 4.22. The van der Waals surface area contributed by atoms with Gasteiger partial charge in [0.05, 0.1) is 11.2 Å². The van der Waals surface area contributed by atoms with Crippen molar-refractivity contribution in [2.45, 2.75) is 6.42 Å². The first kappa shape index (κ1) is 7.89. The molecule has 0 atom stereocenters. The van der Waals surface area contributed by atoms with Crippen molar-refractivity contribution in [3.8, 4) is 5.69 Å². The maximum atomic E-state index is 5.91. The second-order valence-corrected chi connectivity index (χ2v) is 4.46. The molecule has 2 aliphatic heterocycles. The van der Waals surface area contributed by atoms with Crippen molar-refractivity contribution in [2.75, 3.05) is 5.33 Å². The van der Waals surface area contributed by atoms with Crippen LogP contribution in [0.25, 0.3) is 16.6 Å². The van der Waals surface area contributed by atoms with E-state index in [1.165, 1.54) is 22.3 Å². The van der Waals surface area contributed by atoms with Crippen LogP contribution in [-0.2, 0) is 6.42 Å². The van der Waals surface area contributed by atoms with Crippen molar-refractivity contribution in [2.24, 2.45) is 0 Å². The van der Waals surface area contributed by atoms with E-state index in [1.54, 1.807) is 0 Å². The molecule has 3 heteroatoms. The summed E-state index contributed by atoms with van der Waals surface area (Å²) in [6, 6.07) is 6.08. The Morgan fingerprint density at radius 1 is 1.38 bits per heavy atom. The summed E-state index contributed by atoms with van der Waals surface area (Å²) in [5, 5.41) is 3.18. The Hall–Kier alpha value is -0.470. The van der Waals surface area contributed by atoms with Crippen molar-refractivity contribution >= 4 is 38.4 Å². The van der Waals surface area contributed by atoms with Crippen molar-refractivity contribution in [3.05, 3.63) is 28.9 Å². The highest BCUT2D eigenvalue weighted by molar-refractivity contribution is 9.09. The van der Waals surface area contributed by atoms with Crippen LogP contribution in [0, 0.1) is 0 Å². The van der Waals surface area contributed by atoms with E-state index in [9.17, 15) is 0 Å². The molecule has 2 aliphatic rings. The molecule has 0 unspecified atom stereocenters. The lowest BCUT2D eigenvalue weighted by atomic mass is 10.2. The van der Waals surface area contributed by atoms with E-state index >= 15 is 0 Å². The SMILES string of the molecule is Clc1ccc2c(c1)c1c(CCBr)n2-1. The number of rotatable bonds is 2. The average molecular weight is 257 g/mol. The lowest BCUT2D eigenvalue weighted by Crippen LogP contribution is -1.86. The molecular formula is C10H7BrClN. The molecule has 0 saturated carbocycles. The second-order valence-electron chi connectivity index (χ2n) is 3.23. The number of aromatic nitrogens is 1. The van der Waals surface area contributed by atoms with Crippen LogP contribution in [0.3, 0.4) is 0 Å². The van der Waals surface area contributed by atoms with Crippen molar-refractivity contribution in [1.82, 2.24) is 4.57 Å². The monoisotopic (exact) mass is 255 g/mol. The summed E-state index contributed by atoms with van der Waals surface area (Å²) in [6.45, 7) is 0. The van der Waals surface area contributed by atoms with Crippen molar-refractivity contribution in [1.29, 1.82) is 0 Å². The third-order valence-electron chi connectivity index (χ3n) is 2.50. The van der Waals surface area contributed by atoms with Gasteiger partial charge in [-0.05, 0) is 24.6 Å². The van der Waals surface area contributed by atoms with Gasteiger partial charge in [0.15, 0.2) is 0 Å². The average Bonchev–Trinajstić information content (AvgIpc) is 2.71.